The highest BCUT2D eigenvalue weighted by molar-refractivity contribution is 6.30. The van der Waals surface area contributed by atoms with Crippen LogP contribution >= 0.6 is 11.6 Å². The molecule has 0 saturated heterocycles. The first-order valence-electron chi connectivity index (χ1n) is 6.16. The molecule has 1 unspecified atom stereocenters. The van der Waals surface area contributed by atoms with E-state index in [1.807, 2.05) is 0 Å². The van der Waals surface area contributed by atoms with Gasteiger partial charge < -0.3 is 5.73 Å². The maximum Gasteiger partial charge on any atom is 0.162 e. The Morgan fingerprint density at radius 1 is 1.29 bits per heavy atom. The van der Waals surface area contributed by atoms with Gasteiger partial charge in [0.15, 0.2) is 5.78 Å². The molecule has 2 nitrogen and oxygen atoms in total. The number of hydrogen-bond donors (Lipinski definition) is 1. The van der Waals surface area contributed by atoms with Crippen molar-refractivity contribution in [3.05, 3.63) is 34.9 Å². The van der Waals surface area contributed by atoms with Crippen molar-refractivity contribution in [2.24, 2.45) is 11.7 Å². The summed E-state index contributed by atoms with van der Waals surface area (Å²) in [6, 6.07) is 7.08. The molecule has 0 aliphatic rings. The second-order valence-electron chi connectivity index (χ2n) is 4.32. The minimum Gasteiger partial charge on any atom is -0.330 e. The molecular weight excluding hydrogens is 234 g/mol. The van der Waals surface area contributed by atoms with Crippen LogP contribution in [0.25, 0.3) is 0 Å². The van der Waals surface area contributed by atoms with Crippen LogP contribution in [0.3, 0.4) is 0 Å². The smallest absolute Gasteiger partial charge is 0.162 e. The van der Waals surface area contributed by atoms with Gasteiger partial charge in [0.1, 0.15) is 0 Å². The van der Waals surface area contributed by atoms with Gasteiger partial charge in [-0.1, -0.05) is 24.9 Å². The molecule has 0 saturated carbocycles. The van der Waals surface area contributed by atoms with E-state index in [4.69, 9.17) is 17.3 Å². The molecule has 0 aliphatic heterocycles. The fourth-order valence-electron chi connectivity index (χ4n) is 1.90. The quantitative estimate of drug-likeness (QED) is 0.754. The number of halogens is 1. The first-order valence-corrected chi connectivity index (χ1v) is 6.54. The summed E-state index contributed by atoms with van der Waals surface area (Å²) in [5, 5.41) is 0.663. The number of rotatable bonds is 7. The molecular formula is C14H20ClNO. The van der Waals surface area contributed by atoms with E-state index in [1.165, 1.54) is 0 Å². The van der Waals surface area contributed by atoms with E-state index >= 15 is 0 Å². The van der Waals surface area contributed by atoms with Crippen LogP contribution in [0.15, 0.2) is 24.3 Å². The van der Waals surface area contributed by atoms with E-state index in [-0.39, 0.29) is 5.78 Å². The zero-order valence-corrected chi connectivity index (χ0v) is 11.0. The van der Waals surface area contributed by atoms with Gasteiger partial charge in [0.25, 0.3) is 0 Å². The van der Waals surface area contributed by atoms with Gasteiger partial charge >= 0.3 is 0 Å². The van der Waals surface area contributed by atoms with Crippen molar-refractivity contribution in [3.63, 3.8) is 0 Å². The molecule has 0 radical (unpaired) electrons. The van der Waals surface area contributed by atoms with Crippen LogP contribution in [0.2, 0.25) is 5.02 Å². The van der Waals surface area contributed by atoms with Crippen LogP contribution < -0.4 is 5.73 Å². The number of Topliss-reactive ketones (excluding diaryl/α,β-unsaturated/α-hetero) is 1. The number of benzene rings is 1. The van der Waals surface area contributed by atoms with Crippen LogP contribution in [0.5, 0.6) is 0 Å². The second-order valence-corrected chi connectivity index (χ2v) is 4.76. The second kappa shape index (κ2) is 7.46. The third-order valence-electron chi connectivity index (χ3n) is 3.10. The molecule has 0 heterocycles. The largest absolute Gasteiger partial charge is 0.330 e. The zero-order valence-electron chi connectivity index (χ0n) is 10.3. The van der Waals surface area contributed by atoms with Crippen LogP contribution in [0, 0.1) is 5.92 Å². The summed E-state index contributed by atoms with van der Waals surface area (Å²) in [7, 11) is 0. The highest BCUT2D eigenvalue weighted by Gasteiger charge is 2.10. The lowest BCUT2D eigenvalue weighted by atomic mass is 9.94. The van der Waals surface area contributed by atoms with E-state index in [0.717, 1.165) is 24.8 Å². The van der Waals surface area contributed by atoms with E-state index < -0.39 is 0 Å². The van der Waals surface area contributed by atoms with Crippen molar-refractivity contribution in [1.29, 1.82) is 0 Å². The third-order valence-corrected chi connectivity index (χ3v) is 3.35. The molecule has 0 aromatic heterocycles. The maximum atomic E-state index is 11.9. The van der Waals surface area contributed by atoms with Crippen LogP contribution in [-0.2, 0) is 0 Å². The minimum atomic E-state index is 0.192. The van der Waals surface area contributed by atoms with Crippen molar-refractivity contribution in [2.75, 3.05) is 6.54 Å². The molecule has 94 valence electrons. The fourth-order valence-corrected chi connectivity index (χ4v) is 2.03. The van der Waals surface area contributed by atoms with E-state index in [0.29, 0.717) is 23.9 Å². The summed E-state index contributed by atoms with van der Waals surface area (Å²) in [5.74, 6) is 0.758. The first kappa shape index (κ1) is 14.2. The van der Waals surface area contributed by atoms with E-state index in [1.54, 1.807) is 24.3 Å². The van der Waals surface area contributed by atoms with Gasteiger partial charge in [0.2, 0.25) is 0 Å². The van der Waals surface area contributed by atoms with Gasteiger partial charge in [0.05, 0.1) is 0 Å². The molecule has 1 aromatic rings. The minimum absolute atomic E-state index is 0.192. The van der Waals surface area contributed by atoms with Gasteiger partial charge in [-0.2, -0.15) is 0 Å². The fraction of sp³-hybridized carbons (Fsp3) is 0.500. The molecule has 0 aliphatic carbocycles. The lowest BCUT2D eigenvalue weighted by Gasteiger charge is -2.12. The van der Waals surface area contributed by atoms with E-state index in [2.05, 4.69) is 6.92 Å². The Morgan fingerprint density at radius 2 is 1.94 bits per heavy atom. The lowest BCUT2D eigenvalue weighted by Crippen LogP contribution is -2.10. The predicted octanol–water partition coefficient (Wildman–Crippen LogP) is 3.68. The Hall–Kier alpha value is -0.860. The number of ketones is 1. The average Bonchev–Trinajstić information content (AvgIpc) is 2.35. The van der Waals surface area contributed by atoms with Crippen molar-refractivity contribution >= 4 is 17.4 Å². The van der Waals surface area contributed by atoms with Gasteiger partial charge in [0, 0.05) is 17.0 Å². The molecule has 1 rings (SSSR count). The van der Waals surface area contributed by atoms with Crippen LogP contribution in [0.4, 0.5) is 0 Å². The molecule has 1 atom stereocenters. The Labute approximate surface area is 108 Å². The van der Waals surface area contributed by atoms with Crippen LogP contribution in [0.1, 0.15) is 43.0 Å². The molecule has 2 N–H and O–H groups in total. The van der Waals surface area contributed by atoms with Gasteiger partial charge in [-0.25, -0.2) is 0 Å². The number of hydrogen-bond acceptors (Lipinski definition) is 2. The van der Waals surface area contributed by atoms with Crippen molar-refractivity contribution < 1.29 is 4.79 Å². The molecule has 0 fully saturated rings. The van der Waals surface area contributed by atoms with Gasteiger partial charge in [-0.3, -0.25) is 4.79 Å². The SMILES string of the molecule is CCC(CCN)CCC(=O)c1ccc(Cl)cc1. The van der Waals surface area contributed by atoms with Crippen LogP contribution in [-0.4, -0.2) is 12.3 Å². The summed E-state index contributed by atoms with van der Waals surface area (Å²) in [5.41, 5.74) is 6.29. The van der Waals surface area contributed by atoms with E-state index in [9.17, 15) is 4.79 Å². The van der Waals surface area contributed by atoms with Gasteiger partial charge in [-0.05, 0) is 49.6 Å². The standard InChI is InChI=1S/C14H20ClNO/c1-2-11(9-10-16)3-8-14(17)12-4-6-13(15)7-5-12/h4-7,11H,2-3,8-10,16H2,1H3. The summed E-state index contributed by atoms with van der Waals surface area (Å²) in [6.07, 6.45) is 3.62. The Kier molecular flexibility index (Phi) is 6.23. The molecule has 0 spiro atoms. The maximum absolute atomic E-state index is 11.9. The Bertz CT molecular complexity index is 348. The summed E-state index contributed by atoms with van der Waals surface area (Å²) in [6.45, 7) is 2.85. The molecule has 1 aromatic carbocycles. The number of carbonyl (C=O) groups excluding carboxylic acids is 1. The molecule has 3 heteroatoms. The molecule has 0 bridgehead atoms. The van der Waals surface area contributed by atoms with Crippen molar-refractivity contribution in [2.45, 2.75) is 32.6 Å². The number of carbonyl (C=O) groups is 1. The molecule has 0 amide bonds. The number of nitrogens with two attached hydrogens (primary N) is 1. The van der Waals surface area contributed by atoms with Crippen molar-refractivity contribution in [3.8, 4) is 0 Å². The van der Waals surface area contributed by atoms with Gasteiger partial charge in [-0.15, -0.1) is 0 Å². The topological polar surface area (TPSA) is 43.1 Å². The average molecular weight is 254 g/mol. The lowest BCUT2D eigenvalue weighted by molar-refractivity contribution is 0.0972. The third kappa shape index (κ3) is 4.88. The van der Waals surface area contributed by atoms with Crippen molar-refractivity contribution in [1.82, 2.24) is 0 Å². The molecule has 17 heavy (non-hydrogen) atoms. The Morgan fingerprint density at radius 3 is 2.47 bits per heavy atom. The normalized spacial score (nSPS) is 12.4. The summed E-state index contributed by atoms with van der Waals surface area (Å²) in [4.78, 5) is 11.9. The predicted molar refractivity (Wildman–Crippen MR) is 72.5 cm³/mol. The first-order chi connectivity index (χ1) is 8.17. The highest BCUT2D eigenvalue weighted by atomic mass is 35.5. The monoisotopic (exact) mass is 253 g/mol. The zero-order chi connectivity index (χ0) is 12.7. The summed E-state index contributed by atoms with van der Waals surface area (Å²) >= 11 is 5.78. The Balaban J connectivity index is 2.46. The summed E-state index contributed by atoms with van der Waals surface area (Å²) < 4.78 is 0. The highest BCUT2D eigenvalue weighted by Crippen LogP contribution is 2.17.